The molecule has 1 aromatic heterocycles. The van der Waals surface area contributed by atoms with Gasteiger partial charge in [-0.05, 0) is 0 Å². The number of aliphatic hydroxyl groups excluding tert-OH is 1. The molecule has 1 aromatic rings. The Bertz CT molecular complexity index is 249. The molecule has 0 aliphatic rings. The monoisotopic (exact) mass is 187 g/mol. The zero-order valence-corrected chi connectivity index (χ0v) is 8.01. The van der Waals surface area contributed by atoms with E-state index in [2.05, 4.69) is 4.98 Å². The van der Waals surface area contributed by atoms with Gasteiger partial charge in [-0.15, -0.1) is 11.3 Å². The van der Waals surface area contributed by atoms with Crippen molar-refractivity contribution in [2.24, 2.45) is 5.73 Å². The number of rotatable bonds is 3. The Morgan fingerprint density at radius 1 is 1.75 bits per heavy atom. The van der Waals surface area contributed by atoms with Gasteiger partial charge < -0.3 is 15.7 Å². The van der Waals surface area contributed by atoms with E-state index in [0.717, 1.165) is 10.0 Å². The van der Waals surface area contributed by atoms with Crippen molar-refractivity contribution in [2.75, 3.05) is 25.6 Å². The van der Waals surface area contributed by atoms with Gasteiger partial charge in [0, 0.05) is 25.2 Å². The molecule has 3 N–H and O–H groups in total. The first kappa shape index (κ1) is 9.44. The van der Waals surface area contributed by atoms with E-state index in [9.17, 15) is 0 Å². The van der Waals surface area contributed by atoms with Crippen LogP contribution in [-0.2, 0) is 0 Å². The summed E-state index contributed by atoms with van der Waals surface area (Å²) < 4.78 is 0. The van der Waals surface area contributed by atoms with Crippen molar-refractivity contribution in [1.29, 1.82) is 0 Å². The molecule has 0 fully saturated rings. The van der Waals surface area contributed by atoms with Crippen molar-refractivity contribution in [3.05, 3.63) is 11.1 Å². The molecule has 0 saturated carbocycles. The molecule has 12 heavy (non-hydrogen) atoms. The van der Waals surface area contributed by atoms with Crippen LogP contribution in [-0.4, -0.2) is 30.8 Å². The Balaban J connectivity index is 2.77. The summed E-state index contributed by atoms with van der Waals surface area (Å²) in [6.07, 6.45) is 1.71. The van der Waals surface area contributed by atoms with Crippen molar-refractivity contribution in [2.45, 2.75) is 6.04 Å². The molecule has 0 bridgehead atoms. The van der Waals surface area contributed by atoms with E-state index in [1.165, 1.54) is 11.3 Å². The molecule has 0 spiro atoms. The van der Waals surface area contributed by atoms with Crippen molar-refractivity contribution in [3.8, 4) is 0 Å². The largest absolute Gasteiger partial charge is 0.394 e. The highest BCUT2D eigenvalue weighted by atomic mass is 32.1. The molecule has 0 radical (unpaired) electrons. The van der Waals surface area contributed by atoms with E-state index < -0.39 is 0 Å². The van der Waals surface area contributed by atoms with E-state index in [0.29, 0.717) is 0 Å². The zero-order valence-electron chi connectivity index (χ0n) is 7.19. The highest BCUT2D eigenvalue weighted by Gasteiger charge is 2.09. The van der Waals surface area contributed by atoms with Gasteiger partial charge in [-0.2, -0.15) is 0 Å². The molecule has 4 nitrogen and oxygen atoms in total. The van der Waals surface area contributed by atoms with Crippen LogP contribution in [0.2, 0.25) is 0 Å². The molecular formula is C7H13N3OS. The fraction of sp³-hybridized carbons (Fsp3) is 0.571. The van der Waals surface area contributed by atoms with Crippen LogP contribution in [0.5, 0.6) is 0 Å². The van der Waals surface area contributed by atoms with E-state index in [-0.39, 0.29) is 12.6 Å². The number of thiazole rings is 1. The number of anilines is 1. The number of nitrogens with two attached hydrogens (primary N) is 1. The first-order valence-electron chi connectivity index (χ1n) is 3.64. The van der Waals surface area contributed by atoms with Gasteiger partial charge in [-0.25, -0.2) is 4.98 Å². The Labute approximate surface area is 75.6 Å². The molecule has 1 rings (SSSR count). The maximum absolute atomic E-state index is 8.78. The van der Waals surface area contributed by atoms with Crippen LogP contribution in [0.3, 0.4) is 0 Å². The molecule has 0 aromatic carbocycles. The van der Waals surface area contributed by atoms with Gasteiger partial charge in [0.2, 0.25) is 0 Å². The molecular weight excluding hydrogens is 174 g/mol. The second kappa shape index (κ2) is 3.84. The zero-order chi connectivity index (χ0) is 9.14. The topological polar surface area (TPSA) is 62.4 Å². The molecule has 0 saturated heterocycles. The second-order valence-electron chi connectivity index (χ2n) is 2.73. The highest BCUT2D eigenvalue weighted by Crippen LogP contribution is 2.24. The summed E-state index contributed by atoms with van der Waals surface area (Å²) in [4.78, 5) is 6.97. The van der Waals surface area contributed by atoms with E-state index in [1.54, 1.807) is 6.20 Å². The molecule has 1 heterocycles. The Morgan fingerprint density at radius 2 is 2.42 bits per heavy atom. The van der Waals surface area contributed by atoms with Crippen LogP contribution in [0, 0.1) is 0 Å². The Morgan fingerprint density at radius 3 is 2.83 bits per heavy atom. The SMILES string of the molecule is CN(C)c1ncc([C@H](N)CO)s1. The predicted molar refractivity (Wildman–Crippen MR) is 50.5 cm³/mol. The van der Waals surface area contributed by atoms with Crippen LogP contribution in [0.25, 0.3) is 0 Å². The summed E-state index contributed by atoms with van der Waals surface area (Å²) in [5.41, 5.74) is 5.61. The summed E-state index contributed by atoms with van der Waals surface area (Å²) in [6.45, 7) is -0.0327. The van der Waals surface area contributed by atoms with Crippen molar-refractivity contribution >= 4 is 16.5 Å². The van der Waals surface area contributed by atoms with Gasteiger partial charge in [0.15, 0.2) is 5.13 Å². The predicted octanol–water partition coefficient (Wildman–Crippen LogP) is 0.201. The van der Waals surface area contributed by atoms with Crippen molar-refractivity contribution in [1.82, 2.24) is 4.98 Å². The fourth-order valence-electron chi connectivity index (χ4n) is 0.745. The fourth-order valence-corrected chi connectivity index (χ4v) is 1.58. The summed E-state index contributed by atoms with van der Waals surface area (Å²) in [5.74, 6) is 0. The minimum Gasteiger partial charge on any atom is -0.394 e. The summed E-state index contributed by atoms with van der Waals surface area (Å²) >= 11 is 1.50. The minimum atomic E-state index is -0.295. The normalized spacial score (nSPS) is 13.0. The van der Waals surface area contributed by atoms with Gasteiger partial charge in [-0.3, -0.25) is 0 Å². The summed E-state index contributed by atoms with van der Waals surface area (Å²) in [5, 5.41) is 9.69. The van der Waals surface area contributed by atoms with E-state index in [1.807, 2.05) is 19.0 Å². The molecule has 5 heteroatoms. The quantitative estimate of drug-likeness (QED) is 0.709. The standard InChI is InChI=1S/C7H13N3OS/c1-10(2)7-9-3-6(12-7)5(8)4-11/h3,5,11H,4,8H2,1-2H3/t5-/m1/s1. The number of aliphatic hydroxyl groups is 1. The first-order chi connectivity index (χ1) is 5.65. The van der Waals surface area contributed by atoms with Crippen LogP contribution in [0.4, 0.5) is 5.13 Å². The lowest BCUT2D eigenvalue weighted by atomic mass is 10.3. The number of hydrogen-bond acceptors (Lipinski definition) is 5. The number of nitrogens with zero attached hydrogens (tertiary/aromatic N) is 2. The molecule has 0 unspecified atom stereocenters. The van der Waals surface area contributed by atoms with Gasteiger partial charge >= 0.3 is 0 Å². The summed E-state index contributed by atoms with van der Waals surface area (Å²) in [6, 6.07) is -0.295. The first-order valence-corrected chi connectivity index (χ1v) is 4.46. The maximum atomic E-state index is 8.78. The number of aromatic nitrogens is 1. The Hall–Kier alpha value is -0.650. The molecule has 0 amide bonds. The van der Waals surface area contributed by atoms with Crippen molar-refractivity contribution in [3.63, 3.8) is 0 Å². The van der Waals surface area contributed by atoms with Crippen LogP contribution < -0.4 is 10.6 Å². The molecule has 1 atom stereocenters. The average molecular weight is 187 g/mol. The lowest BCUT2D eigenvalue weighted by Gasteiger charge is -2.06. The molecule has 0 aliphatic heterocycles. The lowest BCUT2D eigenvalue weighted by Crippen LogP contribution is -2.12. The molecule has 0 aliphatic carbocycles. The van der Waals surface area contributed by atoms with Gasteiger partial charge in [0.25, 0.3) is 0 Å². The van der Waals surface area contributed by atoms with Crippen LogP contribution in [0.1, 0.15) is 10.9 Å². The number of hydrogen-bond donors (Lipinski definition) is 2. The maximum Gasteiger partial charge on any atom is 0.185 e. The second-order valence-corrected chi connectivity index (χ2v) is 3.77. The lowest BCUT2D eigenvalue weighted by molar-refractivity contribution is 0.269. The third-order valence-electron chi connectivity index (χ3n) is 1.46. The third-order valence-corrected chi connectivity index (χ3v) is 2.75. The van der Waals surface area contributed by atoms with Gasteiger partial charge in [0.05, 0.1) is 12.6 Å². The Kier molecular flexibility index (Phi) is 3.02. The van der Waals surface area contributed by atoms with Gasteiger partial charge in [-0.1, -0.05) is 0 Å². The average Bonchev–Trinajstić information content (AvgIpc) is 2.51. The van der Waals surface area contributed by atoms with Crippen LogP contribution >= 0.6 is 11.3 Å². The highest BCUT2D eigenvalue weighted by molar-refractivity contribution is 7.15. The molecule has 68 valence electrons. The third kappa shape index (κ3) is 1.94. The van der Waals surface area contributed by atoms with Gasteiger partial charge in [0.1, 0.15) is 0 Å². The van der Waals surface area contributed by atoms with E-state index >= 15 is 0 Å². The smallest absolute Gasteiger partial charge is 0.185 e. The van der Waals surface area contributed by atoms with E-state index in [4.69, 9.17) is 10.8 Å². The minimum absolute atomic E-state index is 0.0327. The van der Waals surface area contributed by atoms with Crippen molar-refractivity contribution < 1.29 is 5.11 Å². The van der Waals surface area contributed by atoms with Crippen LogP contribution in [0.15, 0.2) is 6.20 Å². The summed E-state index contributed by atoms with van der Waals surface area (Å²) in [7, 11) is 3.85.